The first-order valence-electron chi connectivity index (χ1n) is 10.6. The molecule has 3 aromatic rings. The summed E-state index contributed by atoms with van der Waals surface area (Å²) in [4.78, 5) is 29.4. The van der Waals surface area contributed by atoms with Gasteiger partial charge in [-0.1, -0.05) is 49.9 Å². The van der Waals surface area contributed by atoms with Crippen LogP contribution in [0.25, 0.3) is 0 Å². The van der Waals surface area contributed by atoms with Crippen molar-refractivity contribution in [1.82, 2.24) is 25.1 Å². The Kier molecular flexibility index (Phi) is 8.79. The van der Waals surface area contributed by atoms with E-state index in [0.29, 0.717) is 40.6 Å². The molecule has 0 aliphatic carbocycles. The average molecular weight is 485 g/mol. The Balaban J connectivity index is 1.75. The second-order valence-corrected chi connectivity index (χ2v) is 9.69. The highest BCUT2D eigenvalue weighted by Gasteiger charge is 2.24. The molecule has 0 bridgehead atoms. The molecule has 0 radical (unpaired) electrons. The maximum absolute atomic E-state index is 12.8. The Morgan fingerprint density at radius 1 is 1.24 bits per heavy atom. The van der Waals surface area contributed by atoms with E-state index in [1.165, 1.54) is 23.1 Å². The minimum Gasteiger partial charge on any atom is -0.342 e. The summed E-state index contributed by atoms with van der Waals surface area (Å²) in [5.74, 6) is 0.802. The van der Waals surface area contributed by atoms with Crippen LogP contribution >= 0.6 is 23.1 Å². The molecule has 3 rings (SSSR count). The van der Waals surface area contributed by atoms with Gasteiger partial charge in [0.1, 0.15) is 0 Å². The number of thiazole rings is 1. The molecule has 174 valence electrons. The van der Waals surface area contributed by atoms with Gasteiger partial charge in [-0.05, 0) is 31.4 Å². The normalized spacial score (nSPS) is 11.9. The number of aromatic nitrogens is 4. The third kappa shape index (κ3) is 7.00. The van der Waals surface area contributed by atoms with Gasteiger partial charge in [-0.2, -0.15) is 0 Å². The first kappa shape index (κ1) is 24.7. The van der Waals surface area contributed by atoms with E-state index >= 15 is 0 Å². The summed E-state index contributed by atoms with van der Waals surface area (Å²) in [5, 5.41) is 17.7. The fourth-order valence-electron chi connectivity index (χ4n) is 3.19. The number of rotatable bonds is 11. The lowest BCUT2D eigenvalue weighted by atomic mass is 10.0. The number of amides is 2. The van der Waals surface area contributed by atoms with Crippen LogP contribution in [0.2, 0.25) is 0 Å². The number of aryl methyl sites for hydroxylation is 1. The van der Waals surface area contributed by atoms with E-state index in [4.69, 9.17) is 0 Å². The number of hydrogen-bond acceptors (Lipinski definition) is 7. The zero-order valence-electron chi connectivity index (χ0n) is 18.9. The molecule has 2 amide bonds. The summed E-state index contributed by atoms with van der Waals surface area (Å²) in [6.07, 6.45) is 2.45. The van der Waals surface area contributed by atoms with Gasteiger partial charge in [0.2, 0.25) is 5.91 Å². The standard InChI is InChI=1S/C23H28N6O2S2/c1-5-11-29-20(18(12-15(2)3)25-21(31)17-9-7-6-8-10-17)27-28-23(29)33-14-19(30)26-22-24-16(4)13-32-22/h5-10,13,15,18H,1,11-12,14H2,2-4H3,(H,25,31)(H,24,26,30). The number of carbonyl (C=O) groups excluding carboxylic acids is 2. The molecule has 1 aromatic carbocycles. The second-order valence-electron chi connectivity index (χ2n) is 7.89. The summed E-state index contributed by atoms with van der Waals surface area (Å²) in [7, 11) is 0. The Labute approximate surface area is 201 Å². The number of allylic oxidation sites excluding steroid dienone is 1. The molecule has 1 unspecified atom stereocenters. The maximum Gasteiger partial charge on any atom is 0.251 e. The van der Waals surface area contributed by atoms with E-state index in [9.17, 15) is 9.59 Å². The Bertz CT molecular complexity index is 1090. The first-order chi connectivity index (χ1) is 15.9. The monoisotopic (exact) mass is 484 g/mol. The third-order valence-corrected chi connectivity index (χ3v) is 6.46. The van der Waals surface area contributed by atoms with Gasteiger partial charge in [0.05, 0.1) is 17.5 Å². The van der Waals surface area contributed by atoms with Crippen LogP contribution in [0.4, 0.5) is 5.13 Å². The predicted molar refractivity (Wildman–Crippen MR) is 133 cm³/mol. The van der Waals surface area contributed by atoms with Gasteiger partial charge in [-0.25, -0.2) is 4.98 Å². The number of hydrogen-bond donors (Lipinski definition) is 2. The molecule has 0 aliphatic rings. The highest BCUT2D eigenvalue weighted by molar-refractivity contribution is 7.99. The van der Waals surface area contributed by atoms with Crippen LogP contribution in [0.15, 0.2) is 53.5 Å². The lowest BCUT2D eigenvalue weighted by Crippen LogP contribution is -2.31. The van der Waals surface area contributed by atoms with Crippen molar-refractivity contribution in [1.29, 1.82) is 0 Å². The SMILES string of the molecule is C=CCn1c(SCC(=O)Nc2nc(C)cs2)nnc1C(CC(C)C)NC(=O)c1ccccc1. The average Bonchev–Trinajstić information content (AvgIpc) is 3.38. The van der Waals surface area contributed by atoms with Crippen LogP contribution in [0.1, 0.15) is 48.2 Å². The van der Waals surface area contributed by atoms with Gasteiger partial charge in [-0.15, -0.1) is 28.1 Å². The molecule has 2 heterocycles. The number of carbonyl (C=O) groups is 2. The Hall–Kier alpha value is -2.98. The van der Waals surface area contributed by atoms with E-state index in [2.05, 4.69) is 46.2 Å². The van der Waals surface area contributed by atoms with Crippen molar-refractivity contribution in [3.8, 4) is 0 Å². The number of anilines is 1. The van der Waals surface area contributed by atoms with Crippen LogP contribution in [0.5, 0.6) is 0 Å². The molecular formula is C23H28N6O2S2. The highest BCUT2D eigenvalue weighted by atomic mass is 32.2. The lowest BCUT2D eigenvalue weighted by Gasteiger charge is -2.21. The molecule has 2 N–H and O–H groups in total. The van der Waals surface area contributed by atoms with Gasteiger partial charge < -0.3 is 15.2 Å². The van der Waals surface area contributed by atoms with Crippen molar-refractivity contribution in [2.45, 2.75) is 44.9 Å². The van der Waals surface area contributed by atoms with Crippen LogP contribution in [0, 0.1) is 12.8 Å². The minimum absolute atomic E-state index is 0.165. The van der Waals surface area contributed by atoms with Crippen molar-refractivity contribution in [3.05, 3.63) is 65.4 Å². The van der Waals surface area contributed by atoms with Crippen LogP contribution < -0.4 is 10.6 Å². The van der Waals surface area contributed by atoms with Gasteiger partial charge in [-0.3, -0.25) is 9.59 Å². The Morgan fingerprint density at radius 3 is 2.64 bits per heavy atom. The van der Waals surface area contributed by atoms with Crippen molar-refractivity contribution < 1.29 is 9.59 Å². The molecule has 0 saturated carbocycles. The zero-order valence-corrected chi connectivity index (χ0v) is 20.6. The van der Waals surface area contributed by atoms with Crippen molar-refractivity contribution >= 4 is 40.0 Å². The molecule has 8 nitrogen and oxygen atoms in total. The molecule has 0 fully saturated rings. The van der Waals surface area contributed by atoms with Crippen molar-refractivity contribution in [2.75, 3.05) is 11.1 Å². The topological polar surface area (TPSA) is 102 Å². The molecular weight excluding hydrogens is 456 g/mol. The smallest absolute Gasteiger partial charge is 0.251 e. The van der Waals surface area contributed by atoms with Crippen LogP contribution in [0.3, 0.4) is 0 Å². The molecule has 0 spiro atoms. The zero-order chi connectivity index (χ0) is 23.8. The summed E-state index contributed by atoms with van der Waals surface area (Å²) in [6.45, 7) is 10.4. The fraction of sp³-hybridized carbons (Fsp3) is 0.348. The summed E-state index contributed by atoms with van der Waals surface area (Å²) < 4.78 is 1.90. The fourth-order valence-corrected chi connectivity index (χ4v) is 4.65. The highest BCUT2D eigenvalue weighted by Crippen LogP contribution is 2.26. The van der Waals surface area contributed by atoms with Crippen LogP contribution in [-0.2, 0) is 11.3 Å². The van der Waals surface area contributed by atoms with E-state index in [-0.39, 0.29) is 23.6 Å². The van der Waals surface area contributed by atoms with Gasteiger partial charge in [0, 0.05) is 17.5 Å². The number of thioether (sulfide) groups is 1. The summed E-state index contributed by atoms with van der Waals surface area (Å²) in [5.41, 5.74) is 1.46. The summed E-state index contributed by atoms with van der Waals surface area (Å²) in [6, 6.07) is 8.77. The van der Waals surface area contributed by atoms with Crippen molar-refractivity contribution in [2.24, 2.45) is 5.92 Å². The van der Waals surface area contributed by atoms with E-state index < -0.39 is 0 Å². The van der Waals surface area contributed by atoms with E-state index in [1.54, 1.807) is 18.2 Å². The quantitative estimate of drug-likeness (QED) is 0.307. The minimum atomic E-state index is -0.327. The number of nitrogens with one attached hydrogen (secondary N) is 2. The molecule has 2 aromatic heterocycles. The largest absolute Gasteiger partial charge is 0.342 e. The summed E-state index contributed by atoms with van der Waals surface area (Å²) >= 11 is 2.68. The molecule has 10 heteroatoms. The second kappa shape index (κ2) is 11.8. The lowest BCUT2D eigenvalue weighted by molar-refractivity contribution is -0.113. The maximum atomic E-state index is 12.8. The van der Waals surface area contributed by atoms with E-state index in [1.807, 2.05) is 35.1 Å². The number of nitrogens with zero attached hydrogens (tertiary/aromatic N) is 4. The van der Waals surface area contributed by atoms with Gasteiger partial charge >= 0.3 is 0 Å². The van der Waals surface area contributed by atoms with Crippen LogP contribution in [-0.4, -0.2) is 37.3 Å². The molecule has 0 saturated heterocycles. The molecule has 0 aliphatic heterocycles. The van der Waals surface area contributed by atoms with Crippen molar-refractivity contribution in [3.63, 3.8) is 0 Å². The first-order valence-corrected chi connectivity index (χ1v) is 12.5. The van der Waals surface area contributed by atoms with E-state index in [0.717, 1.165) is 5.69 Å². The number of benzene rings is 1. The molecule has 1 atom stereocenters. The van der Waals surface area contributed by atoms with Gasteiger partial charge in [0.25, 0.3) is 5.91 Å². The molecule has 33 heavy (non-hydrogen) atoms. The third-order valence-electron chi connectivity index (χ3n) is 4.61. The van der Waals surface area contributed by atoms with Gasteiger partial charge in [0.15, 0.2) is 16.1 Å². The Morgan fingerprint density at radius 2 is 2.00 bits per heavy atom. The predicted octanol–water partition coefficient (Wildman–Crippen LogP) is 4.48.